The largest absolute Gasteiger partial charge is 0.465 e. The van der Waals surface area contributed by atoms with Gasteiger partial charge in [0.25, 0.3) is 5.91 Å². The highest BCUT2D eigenvalue weighted by molar-refractivity contribution is 7.89. The molecule has 13 nitrogen and oxygen atoms in total. The number of sulfonamides is 1. The van der Waals surface area contributed by atoms with E-state index in [-0.39, 0.29) is 68.0 Å². The summed E-state index contributed by atoms with van der Waals surface area (Å²) in [6, 6.07) is 8.99. The SMILES string of the molecule is CCOC(=O)Cn1c(=NC(=O)c2ccc(S(=O)(=O)N3CCN(C(=O)OCC)CC3)cc2)sc2cc3c(cc21)OCO3. The average Bonchev–Trinajstić information content (AvgIpc) is 3.55. The van der Waals surface area contributed by atoms with Crippen LogP contribution in [0, 0.1) is 0 Å². The van der Waals surface area contributed by atoms with Gasteiger partial charge >= 0.3 is 12.1 Å². The predicted molar refractivity (Wildman–Crippen MR) is 146 cm³/mol. The van der Waals surface area contributed by atoms with E-state index in [0.29, 0.717) is 17.0 Å². The van der Waals surface area contributed by atoms with Crippen LogP contribution in [0.3, 0.4) is 0 Å². The summed E-state index contributed by atoms with van der Waals surface area (Å²) >= 11 is 1.20. The van der Waals surface area contributed by atoms with Crippen molar-refractivity contribution < 1.29 is 41.7 Å². The van der Waals surface area contributed by atoms with Crippen LogP contribution < -0.4 is 14.3 Å². The Morgan fingerprint density at radius 2 is 1.61 bits per heavy atom. The fraction of sp³-hybridized carbons (Fsp3) is 0.385. The maximum atomic E-state index is 13.2. The maximum Gasteiger partial charge on any atom is 0.409 e. The highest BCUT2D eigenvalue weighted by Gasteiger charge is 2.30. The number of benzene rings is 2. The molecular formula is C26H28N4O9S2. The normalized spacial score (nSPS) is 15.8. The van der Waals surface area contributed by atoms with Crippen LogP contribution >= 0.6 is 11.3 Å². The summed E-state index contributed by atoms with van der Waals surface area (Å²) in [5, 5.41) is 0. The lowest BCUT2D eigenvalue weighted by Gasteiger charge is -2.33. The third-order valence-electron chi connectivity index (χ3n) is 6.47. The van der Waals surface area contributed by atoms with Gasteiger partial charge in [-0.25, -0.2) is 13.2 Å². The van der Waals surface area contributed by atoms with Crippen LogP contribution in [-0.4, -0.2) is 86.3 Å². The van der Waals surface area contributed by atoms with E-state index in [0.717, 1.165) is 4.70 Å². The second-order valence-electron chi connectivity index (χ2n) is 8.98. The minimum Gasteiger partial charge on any atom is -0.465 e. The standard InChI is InChI=1S/C26H28N4O9S2/c1-3-36-23(31)15-30-19-13-20-21(39-16-38-20)14-22(19)40-25(30)27-24(32)17-5-7-18(8-6-17)41(34,35)29-11-9-28(10-12-29)26(33)37-4-2/h5-8,13-14H,3-4,9-12,15-16H2,1-2H3. The highest BCUT2D eigenvalue weighted by Crippen LogP contribution is 2.37. The number of amides is 2. The Labute approximate surface area is 239 Å². The molecule has 1 aromatic heterocycles. The van der Waals surface area contributed by atoms with Gasteiger partial charge in [-0.15, -0.1) is 0 Å². The van der Waals surface area contributed by atoms with Gasteiger partial charge in [0, 0.05) is 43.9 Å². The molecule has 0 unspecified atom stereocenters. The van der Waals surface area contributed by atoms with Crippen molar-refractivity contribution in [3.05, 3.63) is 46.8 Å². The van der Waals surface area contributed by atoms with Crippen LogP contribution in [0.2, 0.25) is 0 Å². The van der Waals surface area contributed by atoms with Crippen molar-refractivity contribution in [1.29, 1.82) is 0 Å². The molecule has 0 saturated carbocycles. The van der Waals surface area contributed by atoms with E-state index in [1.165, 1.54) is 44.8 Å². The molecule has 2 aromatic carbocycles. The number of aromatic nitrogens is 1. The van der Waals surface area contributed by atoms with Gasteiger partial charge in [0.05, 0.1) is 28.3 Å². The summed E-state index contributed by atoms with van der Waals surface area (Å²) in [5.74, 6) is -0.0264. The van der Waals surface area contributed by atoms with Crippen molar-refractivity contribution in [2.45, 2.75) is 25.3 Å². The molecule has 218 valence electrons. The number of esters is 1. The maximum absolute atomic E-state index is 13.2. The molecule has 2 aliphatic heterocycles. The first kappa shape index (κ1) is 28.6. The molecule has 1 fully saturated rings. The predicted octanol–water partition coefficient (Wildman–Crippen LogP) is 2.20. The lowest BCUT2D eigenvalue weighted by molar-refractivity contribution is -0.143. The fourth-order valence-corrected chi connectivity index (χ4v) is 6.89. The van der Waals surface area contributed by atoms with Crippen LogP contribution in [-0.2, 0) is 30.8 Å². The summed E-state index contributed by atoms with van der Waals surface area (Å²) in [6.45, 7) is 4.48. The lowest BCUT2D eigenvalue weighted by atomic mass is 10.2. The number of ether oxygens (including phenoxy) is 4. The van der Waals surface area contributed by atoms with Gasteiger partial charge in [-0.1, -0.05) is 11.3 Å². The summed E-state index contributed by atoms with van der Waals surface area (Å²) in [5.41, 5.74) is 0.800. The van der Waals surface area contributed by atoms with Crippen LogP contribution in [0.5, 0.6) is 11.5 Å². The quantitative estimate of drug-likeness (QED) is 0.371. The van der Waals surface area contributed by atoms with Crippen molar-refractivity contribution in [1.82, 2.24) is 13.8 Å². The van der Waals surface area contributed by atoms with Gasteiger partial charge in [0.15, 0.2) is 16.3 Å². The Balaban J connectivity index is 1.38. The molecule has 0 bridgehead atoms. The minimum absolute atomic E-state index is 0.0207. The number of rotatable bonds is 7. The zero-order valence-electron chi connectivity index (χ0n) is 22.4. The van der Waals surface area contributed by atoms with E-state index in [1.54, 1.807) is 30.5 Å². The second kappa shape index (κ2) is 11.9. The molecule has 5 rings (SSSR count). The van der Waals surface area contributed by atoms with Gasteiger partial charge in [0.2, 0.25) is 16.8 Å². The lowest BCUT2D eigenvalue weighted by Crippen LogP contribution is -2.50. The molecule has 2 amide bonds. The monoisotopic (exact) mass is 604 g/mol. The van der Waals surface area contributed by atoms with E-state index >= 15 is 0 Å². The number of nitrogens with zero attached hydrogens (tertiary/aromatic N) is 4. The molecule has 3 heterocycles. The van der Waals surface area contributed by atoms with Gasteiger partial charge in [-0.2, -0.15) is 9.30 Å². The third kappa shape index (κ3) is 5.92. The third-order valence-corrected chi connectivity index (χ3v) is 9.42. The summed E-state index contributed by atoms with van der Waals surface area (Å²) < 4.78 is 50.9. The number of piperazine rings is 1. The molecule has 2 aliphatic rings. The average molecular weight is 605 g/mol. The Hall–Kier alpha value is -3.95. The second-order valence-corrected chi connectivity index (χ2v) is 11.9. The first-order chi connectivity index (χ1) is 19.7. The van der Waals surface area contributed by atoms with Crippen molar-refractivity contribution in [2.24, 2.45) is 4.99 Å². The zero-order chi connectivity index (χ0) is 29.1. The highest BCUT2D eigenvalue weighted by atomic mass is 32.2. The molecule has 3 aromatic rings. The first-order valence-corrected chi connectivity index (χ1v) is 15.2. The number of hydrogen-bond donors (Lipinski definition) is 0. The van der Waals surface area contributed by atoms with Gasteiger partial charge in [0.1, 0.15) is 6.54 Å². The molecule has 0 aliphatic carbocycles. The summed E-state index contributed by atoms with van der Waals surface area (Å²) in [7, 11) is -3.84. The number of carbonyl (C=O) groups excluding carboxylic acids is 3. The van der Waals surface area contributed by atoms with Crippen molar-refractivity contribution in [3.8, 4) is 11.5 Å². The molecule has 0 N–H and O–H groups in total. The van der Waals surface area contributed by atoms with E-state index in [1.807, 2.05) is 0 Å². The Bertz CT molecular complexity index is 1650. The minimum atomic E-state index is -3.84. The number of hydrogen-bond acceptors (Lipinski definition) is 10. The molecule has 0 atom stereocenters. The molecule has 0 spiro atoms. The van der Waals surface area contributed by atoms with Crippen LogP contribution in [0.1, 0.15) is 24.2 Å². The number of carbonyl (C=O) groups is 3. The smallest absolute Gasteiger partial charge is 0.409 e. The van der Waals surface area contributed by atoms with Crippen LogP contribution in [0.15, 0.2) is 46.3 Å². The van der Waals surface area contributed by atoms with Crippen molar-refractivity contribution >= 4 is 49.5 Å². The number of fused-ring (bicyclic) bond motifs is 2. The van der Waals surface area contributed by atoms with Crippen LogP contribution in [0.4, 0.5) is 4.79 Å². The van der Waals surface area contributed by atoms with Gasteiger partial charge < -0.3 is 28.4 Å². The van der Waals surface area contributed by atoms with E-state index < -0.39 is 28.0 Å². The Morgan fingerprint density at radius 3 is 2.27 bits per heavy atom. The van der Waals surface area contributed by atoms with Crippen LogP contribution in [0.25, 0.3) is 10.2 Å². The molecule has 1 saturated heterocycles. The Kier molecular flexibility index (Phi) is 8.28. The summed E-state index contributed by atoms with van der Waals surface area (Å²) in [4.78, 5) is 43.4. The van der Waals surface area contributed by atoms with E-state index in [9.17, 15) is 22.8 Å². The van der Waals surface area contributed by atoms with Crippen molar-refractivity contribution in [2.75, 3.05) is 46.2 Å². The zero-order valence-corrected chi connectivity index (χ0v) is 24.0. The molecule has 41 heavy (non-hydrogen) atoms. The van der Waals surface area contributed by atoms with E-state index in [4.69, 9.17) is 18.9 Å². The number of thiazole rings is 1. The van der Waals surface area contributed by atoms with Gasteiger partial charge in [-0.3, -0.25) is 9.59 Å². The fourth-order valence-electron chi connectivity index (χ4n) is 4.43. The van der Waals surface area contributed by atoms with E-state index in [2.05, 4.69) is 4.99 Å². The molecule has 0 radical (unpaired) electrons. The molecular weight excluding hydrogens is 576 g/mol. The van der Waals surface area contributed by atoms with Gasteiger partial charge in [-0.05, 0) is 38.1 Å². The topological polar surface area (TPSA) is 146 Å². The summed E-state index contributed by atoms with van der Waals surface area (Å²) in [6.07, 6.45) is -0.468. The Morgan fingerprint density at radius 1 is 0.951 bits per heavy atom. The molecule has 15 heteroatoms. The van der Waals surface area contributed by atoms with Crippen molar-refractivity contribution in [3.63, 3.8) is 0 Å². The first-order valence-electron chi connectivity index (χ1n) is 12.9.